The van der Waals surface area contributed by atoms with Crippen LogP contribution in [0.2, 0.25) is 0 Å². The van der Waals surface area contributed by atoms with Gasteiger partial charge in [-0.25, -0.2) is 13.1 Å². The van der Waals surface area contributed by atoms with E-state index in [2.05, 4.69) is 9.71 Å². The quantitative estimate of drug-likeness (QED) is 0.919. The Morgan fingerprint density at radius 3 is 2.43 bits per heavy atom. The van der Waals surface area contributed by atoms with Crippen molar-refractivity contribution in [3.05, 3.63) is 53.3 Å². The summed E-state index contributed by atoms with van der Waals surface area (Å²) in [4.78, 5) is 4.17. The minimum Gasteiger partial charge on any atom is -0.496 e. The van der Waals surface area contributed by atoms with Gasteiger partial charge in [0.2, 0.25) is 10.0 Å². The van der Waals surface area contributed by atoms with E-state index in [-0.39, 0.29) is 11.4 Å². The van der Waals surface area contributed by atoms with Gasteiger partial charge < -0.3 is 4.74 Å². The highest BCUT2D eigenvalue weighted by atomic mass is 32.2. The van der Waals surface area contributed by atoms with Crippen molar-refractivity contribution in [1.29, 1.82) is 0 Å². The maximum atomic E-state index is 12.4. The Hall–Kier alpha value is -1.92. The molecule has 0 aliphatic heterocycles. The summed E-state index contributed by atoms with van der Waals surface area (Å²) >= 11 is 0. The van der Waals surface area contributed by atoms with Crippen LogP contribution < -0.4 is 9.46 Å². The van der Waals surface area contributed by atoms with Crippen LogP contribution in [0.5, 0.6) is 5.75 Å². The first-order valence-corrected chi connectivity index (χ1v) is 7.96. The predicted molar refractivity (Wildman–Crippen MR) is 80.7 cm³/mol. The molecule has 5 nitrogen and oxygen atoms in total. The van der Waals surface area contributed by atoms with Crippen molar-refractivity contribution in [1.82, 2.24) is 9.71 Å². The average Bonchev–Trinajstić information content (AvgIpc) is 2.48. The zero-order valence-corrected chi connectivity index (χ0v) is 13.1. The van der Waals surface area contributed by atoms with Crippen LogP contribution in [0.15, 0.2) is 41.6 Å². The highest BCUT2D eigenvalue weighted by molar-refractivity contribution is 7.89. The van der Waals surface area contributed by atoms with E-state index in [0.717, 1.165) is 11.1 Å². The molecule has 0 atom stereocenters. The monoisotopic (exact) mass is 306 g/mol. The number of benzene rings is 1. The van der Waals surface area contributed by atoms with Gasteiger partial charge >= 0.3 is 0 Å². The van der Waals surface area contributed by atoms with E-state index in [9.17, 15) is 8.42 Å². The van der Waals surface area contributed by atoms with Gasteiger partial charge in [0.15, 0.2) is 0 Å². The molecule has 1 N–H and O–H groups in total. The maximum Gasteiger partial charge on any atom is 0.241 e. The molecular formula is C15H18N2O3S. The van der Waals surface area contributed by atoms with Gasteiger partial charge in [0.05, 0.1) is 12.0 Å². The molecule has 0 bridgehead atoms. The van der Waals surface area contributed by atoms with Crippen LogP contribution in [0.1, 0.15) is 16.7 Å². The van der Waals surface area contributed by atoms with E-state index in [1.807, 2.05) is 6.92 Å². The second-order valence-corrected chi connectivity index (χ2v) is 6.50. The number of aromatic nitrogens is 1. The topological polar surface area (TPSA) is 68.3 Å². The Morgan fingerprint density at radius 1 is 1.14 bits per heavy atom. The third kappa shape index (κ3) is 3.59. The van der Waals surface area contributed by atoms with Crippen LogP contribution in [0, 0.1) is 13.8 Å². The van der Waals surface area contributed by atoms with E-state index in [4.69, 9.17) is 4.74 Å². The number of ether oxygens (including phenoxy) is 1. The van der Waals surface area contributed by atoms with Crippen molar-refractivity contribution >= 4 is 10.0 Å². The van der Waals surface area contributed by atoms with Crippen molar-refractivity contribution in [2.75, 3.05) is 7.11 Å². The molecule has 0 aliphatic carbocycles. The Labute approximate surface area is 125 Å². The maximum absolute atomic E-state index is 12.4. The molecule has 0 saturated carbocycles. The number of nitrogens with one attached hydrogen (secondary N) is 1. The summed E-state index contributed by atoms with van der Waals surface area (Å²) in [6, 6.07) is 6.91. The van der Waals surface area contributed by atoms with Crippen LogP contribution in [-0.4, -0.2) is 20.5 Å². The number of sulfonamides is 1. The molecular weight excluding hydrogens is 288 g/mol. The van der Waals surface area contributed by atoms with E-state index >= 15 is 0 Å². The zero-order chi connectivity index (χ0) is 15.5. The van der Waals surface area contributed by atoms with Crippen molar-refractivity contribution < 1.29 is 13.2 Å². The number of hydrogen-bond acceptors (Lipinski definition) is 4. The van der Waals surface area contributed by atoms with Gasteiger partial charge in [-0.1, -0.05) is 0 Å². The number of rotatable bonds is 5. The molecule has 2 aromatic rings. The SMILES string of the molecule is COc1cc(C)c(S(=O)(=O)NCc2ccncc2)cc1C. The minimum atomic E-state index is -3.56. The molecule has 0 saturated heterocycles. The molecule has 0 fully saturated rings. The summed E-state index contributed by atoms with van der Waals surface area (Å²) in [5, 5.41) is 0. The normalized spacial score (nSPS) is 11.4. The van der Waals surface area contributed by atoms with Crippen LogP contribution in [0.25, 0.3) is 0 Å². The Morgan fingerprint density at radius 2 is 1.81 bits per heavy atom. The molecule has 1 aromatic carbocycles. The standard InChI is InChI=1S/C15H18N2O3S/c1-11-9-15(12(2)8-14(11)20-3)21(18,19)17-10-13-4-6-16-7-5-13/h4-9,17H,10H2,1-3H3. The lowest BCUT2D eigenvalue weighted by Crippen LogP contribution is -2.24. The van der Waals surface area contributed by atoms with Crippen molar-refractivity contribution in [2.24, 2.45) is 0 Å². The van der Waals surface area contributed by atoms with Gasteiger partial charge in [0, 0.05) is 18.9 Å². The molecule has 6 heteroatoms. The molecule has 1 aromatic heterocycles. The predicted octanol–water partition coefficient (Wildman–Crippen LogP) is 2.19. The van der Waals surface area contributed by atoms with E-state index < -0.39 is 10.0 Å². The summed E-state index contributed by atoms with van der Waals surface area (Å²) in [5.41, 5.74) is 2.29. The smallest absolute Gasteiger partial charge is 0.241 e. The number of nitrogens with zero attached hydrogens (tertiary/aromatic N) is 1. The molecule has 0 radical (unpaired) electrons. The molecule has 0 unspecified atom stereocenters. The van der Waals surface area contributed by atoms with Gasteiger partial charge in [-0.15, -0.1) is 0 Å². The first-order valence-electron chi connectivity index (χ1n) is 6.48. The summed E-state index contributed by atoms with van der Waals surface area (Å²) in [7, 11) is -2.00. The van der Waals surface area contributed by atoms with Gasteiger partial charge in [0.25, 0.3) is 0 Å². The van der Waals surface area contributed by atoms with Crippen LogP contribution >= 0.6 is 0 Å². The largest absolute Gasteiger partial charge is 0.496 e. The fourth-order valence-corrected chi connectivity index (χ4v) is 3.36. The first-order chi connectivity index (χ1) is 9.94. The lowest BCUT2D eigenvalue weighted by molar-refractivity contribution is 0.411. The molecule has 1 heterocycles. The van der Waals surface area contributed by atoms with Crippen molar-refractivity contribution in [2.45, 2.75) is 25.3 Å². The van der Waals surface area contributed by atoms with Crippen LogP contribution in [-0.2, 0) is 16.6 Å². The number of hydrogen-bond donors (Lipinski definition) is 1. The van der Waals surface area contributed by atoms with Gasteiger partial charge in [-0.05, 0) is 54.8 Å². The van der Waals surface area contributed by atoms with Crippen molar-refractivity contribution in [3.8, 4) is 5.75 Å². The van der Waals surface area contributed by atoms with Gasteiger partial charge in [-0.3, -0.25) is 4.98 Å². The molecule has 0 spiro atoms. The average molecular weight is 306 g/mol. The van der Waals surface area contributed by atoms with Gasteiger partial charge in [0.1, 0.15) is 5.75 Å². The molecule has 0 amide bonds. The van der Waals surface area contributed by atoms with E-state index in [0.29, 0.717) is 11.3 Å². The van der Waals surface area contributed by atoms with E-state index in [1.54, 1.807) is 50.7 Å². The fraction of sp³-hybridized carbons (Fsp3) is 0.267. The molecule has 112 valence electrons. The Balaban J connectivity index is 2.26. The molecule has 21 heavy (non-hydrogen) atoms. The fourth-order valence-electron chi connectivity index (χ4n) is 2.03. The van der Waals surface area contributed by atoms with E-state index in [1.165, 1.54) is 0 Å². The number of aryl methyl sites for hydroxylation is 2. The molecule has 0 aliphatic rings. The third-order valence-corrected chi connectivity index (χ3v) is 4.74. The summed E-state index contributed by atoms with van der Waals surface area (Å²) in [5.74, 6) is 0.681. The van der Waals surface area contributed by atoms with Gasteiger partial charge in [-0.2, -0.15) is 0 Å². The van der Waals surface area contributed by atoms with Crippen LogP contribution in [0.4, 0.5) is 0 Å². The highest BCUT2D eigenvalue weighted by Crippen LogP contribution is 2.25. The zero-order valence-electron chi connectivity index (χ0n) is 12.3. The van der Waals surface area contributed by atoms with Crippen LogP contribution in [0.3, 0.4) is 0 Å². The number of pyridine rings is 1. The first kappa shape index (κ1) is 15.5. The second kappa shape index (κ2) is 6.24. The highest BCUT2D eigenvalue weighted by Gasteiger charge is 2.18. The Bertz CT molecular complexity index is 728. The second-order valence-electron chi connectivity index (χ2n) is 4.77. The van der Waals surface area contributed by atoms with Crippen molar-refractivity contribution in [3.63, 3.8) is 0 Å². The lowest BCUT2D eigenvalue weighted by Gasteiger charge is -2.12. The lowest BCUT2D eigenvalue weighted by atomic mass is 10.1. The molecule has 2 rings (SSSR count). The summed E-state index contributed by atoms with van der Waals surface area (Å²) in [6.07, 6.45) is 3.26. The number of methoxy groups -OCH3 is 1. The minimum absolute atomic E-state index is 0.232. The summed E-state index contributed by atoms with van der Waals surface area (Å²) in [6.45, 7) is 3.80. The summed E-state index contributed by atoms with van der Waals surface area (Å²) < 4.78 is 32.6. The Kier molecular flexibility index (Phi) is 4.59. The third-order valence-electron chi connectivity index (χ3n) is 3.20.